The molecule has 0 fully saturated rings. The van der Waals surface area contributed by atoms with E-state index < -0.39 is 5.41 Å². The number of nitrogens with zero attached hydrogens (tertiary/aromatic N) is 1. The van der Waals surface area contributed by atoms with E-state index in [-0.39, 0.29) is 5.97 Å². The Bertz CT molecular complexity index is 371. The monoisotopic (exact) mass is 255 g/mol. The first-order valence-corrected chi connectivity index (χ1v) is 7.02. The van der Waals surface area contributed by atoms with E-state index in [9.17, 15) is 4.79 Å². The first kappa shape index (κ1) is 14.2. The molecule has 0 unspecified atom stereocenters. The maximum atomic E-state index is 11.8. The first-order chi connectivity index (χ1) is 8.02. The van der Waals surface area contributed by atoms with E-state index in [1.54, 1.807) is 11.3 Å². The Kier molecular flexibility index (Phi) is 5.12. The van der Waals surface area contributed by atoms with Crippen LogP contribution >= 0.6 is 11.3 Å². The van der Waals surface area contributed by atoms with E-state index in [1.165, 1.54) is 0 Å². The van der Waals surface area contributed by atoms with E-state index >= 15 is 0 Å². The second kappa shape index (κ2) is 6.15. The molecule has 96 valence electrons. The van der Waals surface area contributed by atoms with Gasteiger partial charge >= 0.3 is 5.97 Å². The average molecular weight is 255 g/mol. The third kappa shape index (κ3) is 3.53. The molecule has 0 aliphatic heterocycles. The van der Waals surface area contributed by atoms with Gasteiger partial charge in [-0.1, -0.05) is 13.3 Å². The summed E-state index contributed by atoms with van der Waals surface area (Å²) >= 11 is 1.63. The third-order valence-corrected chi connectivity index (χ3v) is 3.63. The maximum absolute atomic E-state index is 11.8. The van der Waals surface area contributed by atoms with Crippen LogP contribution in [0.2, 0.25) is 0 Å². The van der Waals surface area contributed by atoms with Crippen molar-refractivity contribution < 1.29 is 9.53 Å². The normalized spacial score (nSPS) is 11.5. The molecule has 0 spiro atoms. The highest BCUT2D eigenvalue weighted by atomic mass is 32.1. The van der Waals surface area contributed by atoms with E-state index in [1.807, 2.05) is 26.2 Å². The van der Waals surface area contributed by atoms with Crippen molar-refractivity contribution in [1.29, 1.82) is 0 Å². The topological polar surface area (TPSA) is 39.2 Å². The number of ether oxygens (including phenoxy) is 1. The Morgan fingerprint density at radius 1 is 1.47 bits per heavy atom. The van der Waals surface area contributed by atoms with Crippen LogP contribution in [0, 0.1) is 0 Å². The summed E-state index contributed by atoms with van der Waals surface area (Å²) in [6.45, 7) is 8.13. The van der Waals surface area contributed by atoms with Crippen LogP contribution in [0.15, 0.2) is 5.38 Å². The van der Waals surface area contributed by atoms with Crippen LogP contribution in [0.25, 0.3) is 0 Å². The fourth-order valence-electron chi connectivity index (χ4n) is 1.46. The molecule has 0 saturated heterocycles. The maximum Gasteiger partial charge on any atom is 0.317 e. The minimum absolute atomic E-state index is 0.202. The predicted molar refractivity (Wildman–Crippen MR) is 70.4 cm³/mol. The molecule has 0 bridgehead atoms. The number of aromatic nitrogens is 1. The van der Waals surface area contributed by atoms with Crippen LogP contribution in [0.1, 0.15) is 51.2 Å². The van der Waals surface area contributed by atoms with Crippen molar-refractivity contribution in [2.24, 2.45) is 0 Å². The van der Waals surface area contributed by atoms with Gasteiger partial charge in [-0.25, -0.2) is 4.98 Å². The van der Waals surface area contributed by atoms with Crippen LogP contribution in [0.3, 0.4) is 0 Å². The molecule has 1 aromatic heterocycles. The molecule has 0 amide bonds. The lowest BCUT2D eigenvalue weighted by atomic mass is 9.90. The largest absolute Gasteiger partial charge is 0.465 e. The Labute approximate surface area is 107 Å². The van der Waals surface area contributed by atoms with Crippen molar-refractivity contribution in [3.63, 3.8) is 0 Å². The van der Waals surface area contributed by atoms with Gasteiger partial charge in [0.2, 0.25) is 0 Å². The molecule has 0 saturated carbocycles. The quantitative estimate of drug-likeness (QED) is 0.732. The van der Waals surface area contributed by atoms with Gasteiger partial charge in [-0.3, -0.25) is 4.79 Å². The summed E-state index contributed by atoms with van der Waals surface area (Å²) in [6.07, 6.45) is 3.31. The van der Waals surface area contributed by atoms with E-state index in [4.69, 9.17) is 4.74 Å². The predicted octanol–water partition coefficient (Wildman–Crippen LogP) is 3.33. The van der Waals surface area contributed by atoms with Gasteiger partial charge in [-0.05, 0) is 33.6 Å². The highest BCUT2D eigenvalue weighted by molar-refractivity contribution is 7.09. The average Bonchev–Trinajstić information content (AvgIpc) is 2.75. The molecular formula is C13H21NO2S. The Hall–Kier alpha value is -0.900. The summed E-state index contributed by atoms with van der Waals surface area (Å²) in [5, 5.41) is 3.08. The zero-order valence-corrected chi connectivity index (χ0v) is 11.9. The summed E-state index contributed by atoms with van der Waals surface area (Å²) in [6, 6.07) is 0. The van der Waals surface area contributed by atoms with Crippen molar-refractivity contribution in [2.75, 3.05) is 6.61 Å². The molecule has 0 N–H and O–H groups in total. The number of carbonyl (C=O) groups excluding carboxylic acids is 1. The van der Waals surface area contributed by atoms with Gasteiger partial charge < -0.3 is 4.74 Å². The van der Waals surface area contributed by atoms with Gasteiger partial charge in [0.05, 0.1) is 17.3 Å². The molecular weight excluding hydrogens is 234 g/mol. The van der Waals surface area contributed by atoms with E-state index in [2.05, 4.69) is 11.9 Å². The number of esters is 1. The van der Waals surface area contributed by atoms with Gasteiger partial charge in [0, 0.05) is 5.38 Å². The second-order valence-electron chi connectivity index (χ2n) is 4.58. The fraction of sp³-hybridized carbons (Fsp3) is 0.692. The standard InChI is InChI=1S/C13H21NO2S/c1-5-7-8-11-14-10(9-17-11)13(3,4)12(15)16-6-2/h9H,5-8H2,1-4H3. The van der Waals surface area contributed by atoms with Crippen molar-refractivity contribution in [3.05, 3.63) is 16.1 Å². The summed E-state index contributed by atoms with van der Waals surface area (Å²) in [5.74, 6) is -0.202. The van der Waals surface area contributed by atoms with Crippen LogP contribution < -0.4 is 0 Å². The van der Waals surface area contributed by atoms with Crippen LogP contribution in [-0.2, 0) is 21.4 Å². The lowest BCUT2D eigenvalue weighted by Crippen LogP contribution is -2.31. The highest BCUT2D eigenvalue weighted by Crippen LogP contribution is 2.26. The number of aryl methyl sites for hydroxylation is 1. The van der Waals surface area contributed by atoms with E-state index in [0.717, 1.165) is 30.0 Å². The Morgan fingerprint density at radius 2 is 2.18 bits per heavy atom. The molecule has 0 radical (unpaired) electrons. The van der Waals surface area contributed by atoms with Crippen LogP contribution in [0.4, 0.5) is 0 Å². The zero-order chi connectivity index (χ0) is 12.9. The minimum Gasteiger partial charge on any atom is -0.465 e. The Morgan fingerprint density at radius 3 is 2.76 bits per heavy atom. The lowest BCUT2D eigenvalue weighted by molar-refractivity contribution is -0.148. The number of carbonyl (C=O) groups is 1. The van der Waals surface area contributed by atoms with Gasteiger partial charge in [0.25, 0.3) is 0 Å². The number of rotatable bonds is 6. The smallest absolute Gasteiger partial charge is 0.317 e. The molecule has 17 heavy (non-hydrogen) atoms. The van der Waals surface area contributed by atoms with Gasteiger partial charge in [0.1, 0.15) is 5.41 Å². The van der Waals surface area contributed by atoms with Crippen LogP contribution in [0.5, 0.6) is 0 Å². The summed E-state index contributed by atoms with van der Waals surface area (Å²) in [4.78, 5) is 16.4. The van der Waals surface area contributed by atoms with E-state index in [0.29, 0.717) is 6.61 Å². The summed E-state index contributed by atoms with van der Waals surface area (Å²) in [7, 11) is 0. The molecule has 1 heterocycles. The first-order valence-electron chi connectivity index (χ1n) is 6.14. The number of hydrogen-bond acceptors (Lipinski definition) is 4. The lowest BCUT2D eigenvalue weighted by Gasteiger charge is -2.19. The third-order valence-electron chi connectivity index (χ3n) is 2.72. The highest BCUT2D eigenvalue weighted by Gasteiger charge is 2.33. The molecule has 1 rings (SSSR count). The molecule has 4 heteroatoms. The minimum atomic E-state index is -0.642. The van der Waals surface area contributed by atoms with Gasteiger partial charge in [0.15, 0.2) is 0 Å². The molecule has 3 nitrogen and oxygen atoms in total. The fourth-order valence-corrected chi connectivity index (χ4v) is 2.47. The molecule has 0 aromatic carbocycles. The SMILES string of the molecule is CCCCc1nc(C(C)(C)C(=O)OCC)cs1. The second-order valence-corrected chi connectivity index (χ2v) is 5.52. The number of unbranched alkanes of at least 4 members (excludes halogenated alkanes) is 1. The number of hydrogen-bond donors (Lipinski definition) is 0. The van der Waals surface area contributed by atoms with Gasteiger partial charge in [-0.15, -0.1) is 11.3 Å². The molecule has 0 aliphatic rings. The molecule has 1 aromatic rings. The van der Waals surface area contributed by atoms with Crippen molar-refractivity contribution >= 4 is 17.3 Å². The van der Waals surface area contributed by atoms with Crippen LogP contribution in [-0.4, -0.2) is 17.6 Å². The van der Waals surface area contributed by atoms with Gasteiger partial charge in [-0.2, -0.15) is 0 Å². The molecule has 0 atom stereocenters. The van der Waals surface area contributed by atoms with Crippen molar-refractivity contribution in [1.82, 2.24) is 4.98 Å². The summed E-state index contributed by atoms with van der Waals surface area (Å²) in [5.41, 5.74) is 0.184. The number of thiazole rings is 1. The van der Waals surface area contributed by atoms with Crippen molar-refractivity contribution in [2.45, 2.75) is 52.4 Å². The zero-order valence-electron chi connectivity index (χ0n) is 11.1. The Balaban J connectivity index is 2.77. The summed E-state index contributed by atoms with van der Waals surface area (Å²) < 4.78 is 5.08. The molecule has 0 aliphatic carbocycles. The van der Waals surface area contributed by atoms with Crippen molar-refractivity contribution in [3.8, 4) is 0 Å².